The number of thiazole rings is 1. The van der Waals surface area contributed by atoms with Gasteiger partial charge in [-0.1, -0.05) is 53.8 Å². The third-order valence-electron chi connectivity index (χ3n) is 3.34. The Balaban J connectivity index is 1.75. The van der Waals surface area contributed by atoms with Gasteiger partial charge in [0.25, 0.3) is 0 Å². The molecule has 2 N–H and O–H groups in total. The highest BCUT2D eigenvalue weighted by atomic mass is 32.1. The summed E-state index contributed by atoms with van der Waals surface area (Å²) in [5.41, 5.74) is 0.915. The fourth-order valence-electron chi connectivity index (χ4n) is 2.19. The van der Waals surface area contributed by atoms with Gasteiger partial charge in [0.15, 0.2) is 10.8 Å². The zero-order valence-electron chi connectivity index (χ0n) is 13.3. The predicted octanol–water partition coefficient (Wildman–Crippen LogP) is 4.40. The van der Waals surface area contributed by atoms with Crippen molar-refractivity contribution in [3.63, 3.8) is 0 Å². The molecule has 0 atom stereocenters. The molecule has 0 saturated carbocycles. The van der Waals surface area contributed by atoms with Crippen molar-refractivity contribution in [3.8, 4) is 10.4 Å². The summed E-state index contributed by atoms with van der Waals surface area (Å²) in [7, 11) is 0. The van der Waals surface area contributed by atoms with E-state index >= 15 is 0 Å². The molecule has 0 saturated heterocycles. The van der Waals surface area contributed by atoms with Crippen molar-refractivity contribution in [1.29, 1.82) is 0 Å². The number of hydrogen-bond donors (Lipinski definition) is 2. The lowest BCUT2D eigenvalue weighted by molar-refractivity contribution is 0.0692. The average Bonchev–Trinajstić information content (AvgIpc) is 3.05. The molecular weight excluding hydrogens is 359 g/mol. The number of carboxylic acid groups (broad SMARTS) is 1. The lowest BCUT2D eigenvalue weighted by atomic mass is 10.1. The number of ether oxygens (including phenoxy) is 1. The van der Waals surface area contributed by atoms with Gasteiger partial charge in [0.2, 0.25) is 0 Å². The van der Waals surface area contributed by atoms with E-state index in [-0.39, 0.29) is 22.3 Å². The third-order valence-corrected chi connectivity index (χ3v) is 4.36. The Hall–Kier alpha value is -3.26. The highest BCUT2D eigenvalue weighted by Crippen LogP contribution is 2.33. The van der Waals surface area contributed by atoms with E-state index in [4.69, 9.17) is 4.74 Å². The van der Waals surface area contributed by atoms with Gasteiger partial charge in [0.1, 0.15) is 12.4 Å². The Morgan fingerprint density at radius 3 is 2.62 bits per heavy atom. The molecule has 0 unspecified atom stereocenters. The van der Waals surface area contributed by atoms with E-state index < -0.39 is 17.9 Å². The maximum atomic E-state index is 13.4. The number of carbonyl (C=O) groups excluding carboxylic acids is 1. The van der Waals surface area contributed by atoms with E-state index in [2.05, 4.69) is 10.3 Å². The zero-order valence-corrected chi connectivity index (χ0v) is 14.1. The van der Waals surface area contributed by atoms with E-state index in [0.717, 1.165) is 16.9 Å². The van der Waals surface area contributed by atoms with Crippen LogP contribution in [0.4, 0.5) is 14.3 Å². The Morgan fingerprint density at radius 2 is 1.92 bits per heavy atom. The molecule has 6 nitrogen and oxygen atoms in total. The molecule has 1 amide bonds. The lowest BCUT2D eigenvalue weighted by Gasteiger charge is -2.04. The molecule has 132 valence electrons. The number of aromatic carboxylic acids is 1. The van der Waals surface area contributed by atoms with Gasteiger partial charge in [-0.3, -0.25) is 5.32 Å². The quantitative estimate of drug-likeness (QED) is 0.693. The number of amides is 1. The van der Waals surface area contributed by atoms with Gasteiger partial charge in [0.05, 0.1) is 4.88 Å². The number of benzene rings is 2. The zero-order chi connectivity index (χ0) is 18.5. The molecule has 2 aromatic carbocycles. The highest BCUT2D eigenvalue weighted by Gasteiger charge is 2.20. The molecule has 0 aliphatic rings. The summed E-state index contributed by atoms with van der Waals surface area (Å²) in [6, 6.07) is 14.6. The van der Waals surface area contributed by atoms with Crippen LogP contribution in [-0.2, 0) is 11.3 Å². The first-order valence-electron chi connectivity index (χ1n) is 7.50. The summed E-state index contributed by atoms with van der Waals surface area (Å²) < 4.78 is 18.5. The molecule has 3 aromatic rings. The molecule has 0 fully saturated rings. The summed E-state index contributed by atoms with van der Waals surface area (Å²) in [5.74, 6) is -1.77. The standard InChI is InChI=1S/C18H13FN2O4S/c19-13-8-4-7-12(9-13)15-14(16(22)23)20-17(26-15)21-18(24)25-10-11-5-2-1-3-6-11/h1-9H,10H2,(H,22,23)(H,20,21,24). The van der Waals surface area contributed by atoms with E-state index in [1.165, 1.54) is 18.2 Å². The number of hydrogen-bond acceptors (Lipinski definition) is 5. The summed E-state index contributed by atoms with van der Waals surface area (Å²) >= 11 is 0.929. The number of halogens is 1. The maximum absolute atomic E-state index is 13.4. The Morgan fingerprint density at radius 1 is 1.15 bits per heavy atom. The predicted molar refractivity (Wildman–Crippen MR) is 94.7 cm³/mol. The number of anilines is 1. The monoisotopic (exact) mass is 372 g/mol. The Labute approximate surface area is 151 Å². The fraction of sp³-hybridized carbons (Fsp3) is 0.0556. The minimum atomic E-state index is -1.27. The molecule has 0 radical (unpaired) electrons. The van der Waals surface area contributed by atoms with Crippen LogP contribution >= 0.6 is 11.3 Å². The number of nitrogens with zero attached hydrogens (tertiary/aromatic N) is 1. The molecule has 0 aliphatic heterocycles. The van der Waals surface area contributed by atoms with Gasteiger partial charge in [0, 0.05) is 0 Å². The summed E-state index contributed by atoms with van der Waals surface area (Å²) in [6.45, 7) is 0.0700. The van der Waals surface area contributed by atoms with E-state index in [9.17, 15) is 19.1 Å². The molecular formula is C18H13FN2O4S. The minimum Gasteiger partial charge on any atom is -0.476 e. The number of carboxylic acids is 1. The third kappa shape index (κ3) is 4.22. The number of aromatic nitrogens is 1. The van der Waals surface area contributed by atoms with Gasteiger partial charge in [-0.25, -0.2) is 19.0 Å². The van der Waals surface area contributed by atoms with Crippen molar-refractivity contribution >= 4 is 28.5 Å². The van der Waals surface area contributed by atoms with Gasteiger partial charge in [-0.05, 0) is 23.3 Å². The topological polar surface area (TPSA) is 88.5 Å². The largest absolute Gasteiger partial charge is 0.476 e. The van der Waals surface area contributed by atoms with Crippen molar-refractivity contribution in [2.45, 2.75) is 6.61 Å². The van der Waals surface area contributed by atoms with Crippen LogP contribution in [0.3, 0.4) is 0 Å². The van der Waals surface area contributed by atoms with Crippen LogP contribution in [0.5, 0.6) is 0 Å². The molecule has 0 aliphatic carbocycles. The molecule has 1 heterocycles. The second-order valence-electron chi connectivity index (χ2n) is 5.20. The van der Waals surface area contributed by atoms with Gasteiger partial charge in [-0.15, -0.1) is 0 Å². The van der Waals surface area contributed by atoms with Crippen LogP contribution < -0.4 is 5.32 Å². The van der Waals surface area contributed by atoms with E-state index in [0.29, 0.717) is 5.56 Å². The molecule has 0 bridgehead atoms. The summed E-state index contributed by atoms with van der Waals surface area (Å²) in [6.07, 6.45) is -0.759. The number of nitrogens with one attached hydrogen (secondary N) is 1. The molecule has 1 aromatic heterocycles. The minimum absolute atomic E-state index is 0.0553. The second-order valence-corrected chi connectivity index (χ2v) is 6.20. The smallest absolute Gasteiger partial charge is 0.413 e. The first kappa shape index (κ1) is 17.6. The van der Waals surface area contributed by atoms with Crippen molar-refractivity contribution in [1.82, 2.24) is 4.98 Å². The van der Waals surface area contributed by atoms with Crippen LogP contribution in [0, 0.1) is 5.82 Å². The Bertz CT molecular complexity index is 943. The van der Waals surface area contributed by atoms with Gasteiger partial charge < -0.3 is 9.84 Å². The van der Waals surface area contributed by atoms with Crippen LogP contribution in [0.1, 0.15) is 16.1 Å². The first-order chi connectivity index (χ1) is 12.5. The van der Waals surface area contributed by atoms with Gasteiger partial charge in [-0.2, -0.15) is 0 Å². The SMILES string of the molecule is O=C(Nc1nc(C(=O)O)c(-c2cccc(F)c2)s1)OCc1ccccc1. The summed E-state index contributed by atoms with van der Waals surface area (Å²) in [4.78, 5) is 27.4. The fourth-order valence-corrected chi connectivity index (χ4v) is 3.13. The number of carbonyl (C=O) groups is 2. The first-order valence-corrected chi connectivity index (χ1v) is 8.32. The van der Waals surface area contributed by atoms with Crippen LogP contribution in [-0.4, -0.2) is 22.2 Å². The average molecular weight is 372 g/mol. The van der Waals surface area contributed by atoms with Gasteiger partial charge >= 0.3 is 12.1 Å². The van der Waals surface area contributed by atoms with E-state index in [1.807, 2.05) is 18.2 Å². The molecule has 26 heavy (non-hydrogen) atoms. The van der Waals surface area contributed by atoms with Crippen LogP contribution in [0.15, 0.2) is 54.6 Å². The van der Waals surface area contributed by atoms with Crippen LogP contribution in [0.25, 0.3) is 10.4 Å². The van der Waals surface area contributed by atoms with Crippen molar-refractivity contribution in [2.24, 2.45) is 0 Å². The number of rotatable bonds is 5. The van der Waals surface area contributed by atoms with Crippen molar-refractivity contribution < 1.29 is 23.8 Å². The van der Waals surface area contributed by atoms with Crippen LogP contribution in [0.2, 0.25) is 0 Å². The summed E-state index contributed by atoms with van der Waals surface area (Å²) in [5, 5.41) is 11.8. The van der Waals surface area contributed by atoms with E-state index in [1.54, 1.807) is 18.2 Å². The van der Waals surface area contributed by atoms with Crippen molar-refractivity contribution in [3.05, 3.63) is 71.7 Å². The Kier molecular flexibility index (Phi) is 5.23. The van der Waals surface area contributed by atoms with Crippen molar-refractivity contribution in [2.75, 3.05) is 5.32 Å². The molecule has 0 spiro atoms. The normalized spacial score (nSPS) is 10.3. The maximum Gasteiger partial charge on any atom is 0.413 e. The second kappa shape index (κ2) is 7.75. The molecule has 8 heteroatoms. The molecule has 3 rings (SSSR count). The lowest BCUT2D eigenvalue weighted by Crippen LogP contribution is -2.13. The highest BCUT2D eigenvalue weighted by molar-refractivity contribution is 7.19.